The number of benzene rings is 1. The van der Waals surface area contributed by atoms with E-state index in [2.05, 4.69) is 12.1 Å². The smallest absolute Gasteiger partial charge is 0.227 e. The fraction of sp³-hybridized carbons (Fsp3) is 0.500. The van der Waals surface area contributed by atoms with Gasteiger partial charge in [-0.2, -0.15) is 0 Å². The highest BCUT2D eigenvalue weighted by atomic mass is 35.5. The van der Waals surface area contributed by atoms with Crippen molar-refractivity contribution >= 4 is 23.2 Å². The zero-order valence-electron chi connectivity index (χ0n) is 10.4. The summed E-state index contributed by atoms with van der Waals surface area (Å²) in [5, 5.41) is 0. The molecular weight excluding hydrogens is 250 g/mol. The second-order valence-corrected chi connectivity index (χ2v) is 5.47. The topological polar surface area (TPSA) is 29.5 Å². The number of nitrogens with zero attached hydrogens (tertiary/aromatic N) is 1. The minimum atomic E-state index is -0.0172. The Morgan fingerprint density at radius 2 is 2.17 bits per heavy atom. The Balaban J connectivity index is 1.99. The number of anilines is 1. The highest BCUT2D eigenvalue weighted by molar-refractivity contribution is 6.18. The molecule has 1 aromatic carbocycles. The van der Waals surface area contributed by atoms with E-state index in [9.17, 15) is 4.79 Å². The number of ether oxygens (including phenoxy) is 1. The van der Waals surface area contributed by atoms with Gasteiger partial charge in [-0.15, -0.1) is 11.6 Å². The van der Waals surface area contributed by atoms with Crippen molar-refractivity contribution in [3.63, 3.8) is 0 Å². The summed E-state index contributed by atoms with van der Waals surface area (Å²) in [6.07, 6.45) is 1.42. The molecular formula is C14H16ClNO2. The van der Waals surface area contributed by atoms with Crippen molar-refractivity contribution in [1.29, 1.82) is 0 Å². The lowest BCUT2D eigenvalue weighted by molar-refractivity contribution is -0.118. The van der Waals surface area contributed by atoms with Crippen molar-refractivity contribution in [2.75, 3.05) is 31.0 Å². The molecule has 4 heteroatoms. The first kappa shape index (κ1) is 12.0. The fourth-order valence-corrected chi connectivity index (χ4v) is 2.96. The molecule has 2 heterocycles. The van der Waals surface area contributed by atoms with Gasteiger partial charge in [0.05, 0.1) is 18.6 Å². The molecule has 0 unspecified atom stereocenters. The van der Waals surface area contributed by atoms with Gasteiger partial charge in [0.2, 0.25) is 5.91 Å². The minimum absolute atomic E-state index is 0.0172. The van der Waals surface area contributed by atoms with Gasteiger partial charge in [-0.3, -0.25) is 4.79 Å². The number of aryl methyl sites for hydroxylation is 1. The van der Waals surface area contributed by atoms with Crippen LogP contribution >= 0.6 is 11.6 Å². The Kier molecular flexibility index (Phi) is 2.83. The summed E-state index contributed by atoms with van der Waals surface area (Å²) in [6.45, 7) is 1.40. The molecule has 96 valence electrons. The third kappa shape index (κ3) is 1.65. The molecule has 2 aliphatic heterocycles. The molecule has 1 saturated heterocycles. The average molecular weight is 266 g/mol. The Labute approximate surface area is 112 Å². The molecule has 0 saturated carbocycles. The number of carbonyl (C=O) groups is 1. The monoisotopic (exact) mass is 265 g/mol. The Morgan fingerprint density at radius 3 is 2.78 bits per heavy atom. The normalized spacial score (nSPS) is 21.4. The van der Waals surface area contributed by atoms with Gasteiger partial charge in [-0.05, 0) is 23.6 Å². The molecule has 18 heavy (non-hydrogen) atoms. The van der Waals surface area contributed by atoms with Crippen LogP contribution in [0, 0.1) is 0 Å². The van der Waals surface area contributed by atoms with Crippen molar-refractivity contribution in [3.05, 3.63) is 29.3 Å². The van der Waals surface area contributed by atoms with Crippen LogP contribution in [-0.4, -0.2) is 32.0 Å². The number of halogens is 1. The number of alkyl halides is 1. The number of hydrogen-bond donors (Lipinski definition) is 0. The summed E-state index contributed by atoms with van der Waals surface area (Å²) in [7, 11) is 1.84. The lowest BCUT2D eigenvalue weighted by atomic mass is 9.79. The third-order valence-electron chi connectivity index (χ3n) is 4.05. The lowest BCUT2D eigenvalue weighted by Gasteiger charge is -2.41. The van der Waals surface area contributed by atoms with Crippen LogP contribution in [0.1, 0.15) is 17.5 Å². The van der Waals surface area contributed by atoms with Crippen LogP contribution in [0.2, 0.25) is 0 Å². The molecule has 0 aliphatic carbocycles. The molecule has 1 fully saturated rings. The Morgan fingerprint density at radius 1 is 1.39 bits per heavy atom. The average Bonchev–Trinajstić information content (AvgIpc) is 2.33. The molecule has 0 atom stereocenters. The molecule has 0 aromatic heterocycles. The zero-order chi connectivity index (χ0) is 12.8. The van der Waals surface area contributed by atoms with Gasteiger partial charge in [-0.25, -0.2) is 0 Å². The van der Waals surface area contributed by atoms with Crippen LogP contribution in [0.5, 0.6) is 0 Å². The number of carbonyl (C=O) groups excluding carboxylic acids is 1. The molecule has 3 nitrogen and oxygen atoms in total. The lowest BCUT2D eigenvalue weighted by Crippen LogP contribution is -2.48. The van der Waals surface area contributed by atoms with Gasteiger partial charge in [-0.1, -0.05) is 12.1 Å². The Bertz CT molecular complexity index is 491. The van der Waals surface area contributed by atoms with E-state index in [0.29, 0.717) is 25.5 Å². The maximum atomic E-state index is 11.6. The summed E-state index contributed by atoms with van der Waals surface area (Å²) >= 11 is 6.09. The summed E-state index contributed by atoms with van der Waals surface area (Å²) < 4.78 is 5.32. The maximum absolute atomic E-state index is 11.6. The first-order valence-corrected chi connectivity index (χ1v) is 6.73. The van der Waals surface area contributed by atoms with Crippen LogP contribution in [0.3, 0.4) is 0 Å². The van der Waals surface area contributed by atoms with Crippen molar-refractivity contribution < 1.29 is 9.53 Å². The number of fused-ring (bicyclic) bond motifs is 1. The second-order valence-electron chi connectivity index (χ2n) is 5.20. The van der Waals surface area contributed by atoms with Crippen molar-refractivity contribution in [2.24, 2.45) is 0 Å². The van der Waals surface area contributed by atoms with E-state index >= 15 is 0 Å². The molecule has 2 aliphatic rings. The first-order valence-electron chi connectivity index (χ1n) is 6.20. The van der Waals surface area contributed by atoms with E-state index < -0.39 is 0 Å². The van der Waals surface area contributed by atoms with Gasteiger partial charge in [0.15, 0.2) is 0 Å². The molecule has 0 radical (unpaired) electrons. The van der Waals surface area contributed by atoms with Crippen molar-refractivity contribution in [3.8, 4) is 0 Å². The van der Waals surface area contributed by atoms with E-state index in [-0.39, 0.29) is 11.3 Å². The van der Waals surface area contributed by atoms with Gasteiger partial charge >= 0.3 is 0 Å². The number of rotatable bonds is 2. The highest BCUT2D eigenvalue weighted by Gasteiger charge is 2.40. The molecule has 0 N–H and O–H groups in total. The van der Waals surface area contributed by atoms with Gasteiger partial charge in [0.25, 0.3) is 0 Å². The maximum Gasteiger partial charge on any atom is 0.227 e. The predicted molar refractivity (Wildman–Crippen MR) is 71.4 cm³/mol. The van der Waals surface area contributed by atoms with Gasteiger partial charge in [0, 0.05) is 25.0 Å². The van der Waals surface area contributed by atoms with Gasteiger partial charge < -0.3 is 9.64 Å². The van der Waals surface area contributed by atoms with E-state index in [0.717, 1.165) is 12.1 Å². The highest BCUT2D eigenvalue weighted by Crippen LogP contribution is 2.37. The van der Waals surface area contributed by atoms with E-state index in [1.165, 1.54) is 11.1 Å². The standard InChI is InChI=1S/C14H16ClNO2/c1-16-12-4-3-11(14(7-15)8-18-9-14)6-10(12)2-5-13(16)17/h3-4,6H,2,5,7-9H2,1H3. The quantitative estimate of drug-likeness (QED) is 0.767. The van der Waals surface area contributed by atoms with Crippen LogP contribution < -0.4 is 4.90 Å². The fourth-order valence-electron chi connectivity index (χ4n) is 2.66. The SMILES string of the molecule is CN1C(=O)CCc2cc(C3(CCl)COC3)ccc21. The second kappa shape index (κ2) is 4.25. The van der Waals surface area contributed by atoms with E-state index in [1.807, 2.05) is 13.1 Å². The number of amides is 1. The van der Waals surface area contributed by atoms with Crippen LogP contribution in [0.25, 0.3) is 0 Å². The van der Waals surface area contributed by atoms with Crippen LogP contribution in [0.4, 0.5) is 5.69 Å². The molecule has 3 rings (SSSR count). The first-order chi connectivity index (χ1) is 8.66. The zero-order valence-corrected chi connectivity index (χ0v) is 11.2. The van der Waals surface area contributed by atoms with Crippen molar-refractivity contribution in [2.45, 2.75) is 18.3 Å². The van der Waals surface area contributed by atoms with Gasteiger partial charge in [0.1, 0.15) is 0 Å². The summed E-state index contributed by atoms with van der Waals surface area (Å²) in [4.78, 5) is 13.4. The summed E-state index contributed by atoms with van der Waals surface area (Å²) in [5.41, 5.74) is 3.49. The third-order valence-corrected chi connectivity index (χ3v) is 4.56. The predicted octanol–water partition coefficient (Wildman–Crippen LogP) is 2.10. The summed E-state index contributed by atoms with van der Waals surface area (Å²) in [6, 6.07) is 6.32. The summed E-state index contributed by atoms with van der Waals surface area (Å²) in [5.74, 6) is 0.773. The van der Waals surface area contributed by atoms with E-state index in [1.54, 1.807) is 4.90 Å². The van der Waals surface area contributed by atoms with E-state index in [4.69, 9.17) is 16.3 Å². The van der Waals surface area contributed by atoms with Crippen LogP contribution in [-0.2, 0) is 21.4 Å². The van der Waals surface area contributed by atoms with Crippen LogP contribution in [0.15, 0.2) is 18.2 Å². The largest absolute Gasteiger partial charge is 0.379 e. The molecule has 1 amide bonds. The Hall–Kier alpha value is -1.06. The van der Waals surface area contributed by atoms with Crippen molar-refractivity contribution in [1.82, 2.24) is 0 Å². The molecule has 0 spiro atoms. The molecule has 0 bridgehead atoms. The minimum Gasteiger partial charge on any atom is -0.379 e. The number of hydrogen-bond acceptors (Lipinski definition) is 2. The molecule has 1 aromatic rings.